The highest BCUT2D eigenvalue weighted by Gasteiger charge is 2.52. The minimum atomic E-state index is -0.228. The van der Waals surface area contributed by atoms with Crippen molar-refractivity contribution in [1.29, 1.82) is 0 Å². The van der Waals surface area contributed by atoms with Crippen LogP contribution in [0.2, 0.25) is 0 Å². The van der Waals surface area contributed by atoms with E-state index in [1.807, 2.05) is 37.1 Å². The van der Waals surface area contributed by atoms with Crippen LogP contribution in [0.15, 0.2) is 47.1 Å². The van der Waals surface area contributed by atoms with Gasteiger partial charge >= 0.3 is 0 Å². The number of nitrogens with zero attached hydrogens (tertiary/aromatic N) is 4. The number of likely N-dealkylation sites (tertiary alicyclic amines) is 1. The van der Waals surface area contributed by atoms with Gasteiger partial charge in [0.1, 0.15) is 11.3 Å². The van der Waals surface area contributed by atoms with Gasteiger partial charge in [0, 0.05) is 25.5 Å². The van der Waals surface area contributed by atoms with Gasteiger partial charge in [-0.1, -0.05) is 0 Å². The molecule has 3 aliphatic rings. The number of hydrogen-bond acceptors (Lipinski definition) is 4. The second kappa shape index (κ2) is 6.24. The van der Waals surface area contributed by atoms with Gasteiger partial charge < -0.3 is 18.8 Å². The Hall–Kier alpha value is -3.02. The van der Waals surface area contributed by atoms with Crippen molar-refractivity contribution in [2.24, 2.45) is 5.92 Å². The summed E-state index contributed by atoms with van der Waals surface area (Å²) in [4.78, 5) is 22.5. The van der Waals surface area contributed by atoms with Crippen LogP contribution < -0.4 is 4.90 Å². The topological polar surface area (TPSA) is 54.5 Å². The highest BCUT2D eigenvalue weighted by molar-refractivity contribution is 5.92. The first-order chi connectivity index (χ1) is 14.6. The number of furan rings is 1. The Kier molecular flexibility index (Phi) is 3.70. The summed E-state index contributed by atoms with van der Waals surface area (Å²) in [6, 6.07) is 10.4. The van der Waals surface area contributed by atoms with Crippen molar-refractivity contribution in [2.75, 3.05) is 24.5 Å². The maximum absolute atomic E-state index is 13.3. The second-order valence-electron chi connectivity index (χ2n) is 9.02. The fourth-order valence-corrected chi connectivity index (χ4v) is 5.16. The minimum absolute atomic E-state index is 0.00969. The van der Waals surface area contributed by atoms with Gasteiger partial charge in [-0.05, 0) is 74.9 Å². The predicted octanol–water partition coefficient (Wildman–Crippen LogP) is 4.05. The molecule has 6 rings (SSSR count). The first-order valence-corrected chi connectivity index (χ1v) is 10.8. The van der Waals surface area contributed by atoms with Crippen molar-refractivity contribution in [3.05, 3.63) is 65.5 Å². The third-order valence-corrected chi connectivity index (χ3v) is 7.08. The number of rotatable bonds is 3. The van der Waals surface area contributed by atoms with E-state index in [4.69, 9.17) is 9.40 Å². The van der Waals surface area contributed by atoms with E-state index in [0.717, 1.165) is 42.6 Å². The third-order valence-electron chi connectivity index (χ3n) is 7.08. The molecule has 1 amide bonds. The van der Waals surface area contributed by atoms with Crippen molar-refractivity contribution in [2.45, 2.75) is 38.6 Å². The van der Waals surface area contributed by atoms with Crippen molar-refractivity contribution < 1.29 is 9.21 Å². The number of carbonyl (C=O) groups excluding carboxylic acids is 1. The summed E-state index contributed by atoms with van der Waals surface area (Å²) < 4.78 is 7.97. The fraction of sp³-hybridized carbons (Fsp3) is 0.417. The molecule has 0 bridgehead atoms. The van der Waals surface area contributed by atoms with Gasteiger partial charge in [-0.15, -0.1) is 0 Å². The number of fused-ring (bicyclic) bond motifs is 4. The smallest absolute Gasteiger partial charge is 0.289 e. The molecule has 6 heteroatoms. The molecule has 5 heterocycles. The molecule has 1 aliphatic carbocycles. The Bertz CT molecular complexity index is 1120. The number of hydrogen-bond donors (Lipinski definition) is 0. The zero-order valence-corrected chi connectivity index (χ0v) is 17.5. The van der Waals surface area contributed by atoms with Gasteiger partial charge in [0.25, 0.3) is 5.91 Å². The van der Waals surface area contributed by atoms with Crippen LogP contribution in [0, 0.1) is 19.8 Å². The summed E-state index contributed by atoms with van der Waals surface area (Å²) in [5, 5.41) is 0. The number of anilines is 1. The van der Waals surface area contributed by atoms with Gasteiger partial charge in [0.15, 0.2) is 11.6 Å². The fourth-order valence-electron chi connectivity index (χ4n) is 5.16. The maximum atomic E-state index is 13.3. The van der Waals surface area contributed by atoms with Crippen molar-refractivity contribution in [1.82, 2.24) is 14.5 Å². The molecule has 1 unspecified atom stereocenters. The van der Waals surface area contributed by atoms with E-state index in [9.17, 15) is 4.79 Å². The average molecular weight is 402 g/mol. The van der Waals surface area contributed by atoms with Crippen molar-refractivity contribution in [3.8, 4) is 5.82 Å². The molecule has 6 nitrogen and oxygen atoms in total. The first kappa shape index (κ1) is 17.8. The van der Waals surface area contributed by atoms with Crippen LogP contribution in [0.1, 0.15) is 46.8 Å². The lowest BCUT2D eigenvalue weighted by atomic mass is 9.88. The molecule has 1 spiro atoms. The summed E-state index contributed by atoms with van der Waals surface area (Å²) in [5.74, 6) is 2.98. The lowest BCUT2D eigenvalue weighted by Crippen LogP contribution is -2.53. The van der Waals surface area contributed by atoms with E-state index >= 15 is 0 Å². The Morgan fingerprint density at radius 2 is 2.13 bits per heavy atom. The highest BCUT2D eigenvalue weighted by atomic mass is 16.4. The number of carbonyl (C=O) groups is 1. The third kappa shape index (κ3) is 2.49. The molecule has 1 saturated carbocycles. The van der Waals surface area contributed by atoms with Gasteiger partial charge in [-0.2, -0.15) is 0 Å². The van der Waals surface area contributed by atoms with E-state index < -0.39 is 0 Å². The minimum Gasteiger partial charge on any atom is -0.456 e. The molecule has 30 heavy (non-hydrogen) atoms. The highest BCUT2D eigenvalue weighted by Crippen LogP contribution is 2.49. The molecule has 2 aliphatic heterocycles. The number of aryl methyl sites for hydroxylation is 2. The van der Waals surface area contributed by atoms with E-state index in [0.29, 0.717) is 12.3 Å². The van der Waals surface area contributed by atoms with Crippen LogP contribution in [-0.4, -0.2) is 40.0 Å². The largest absolute Gasteiger partial charge is 0.456 e. The average Bonchev–Trinajstić information content (AvgIpc) is 3.13. The van der Waals surface area contributed by atoms with E-state index in [1.54, 1.807) is 0 Å². The van der Waals surface area contributed by atoms with E-state index in [2.05, 4.69) is 33.9 Å². The molecule has 154 valence electrons. The zero-order chi connectivity index (χ0) is 20.5. The molecule has 0 aromatic carbocycles. The van der Waals surface area contributed by atoms with Crippen LogP contribution in [0.25, 0.3) is 5.82 Å². The number of amides is 1. The van der Waals surface area contributed by atoms with E-state index in [1.165, 1.54) is 24.2 Å². The first-order valence-electron chi connectivity index (χ1n) is 10.8. The summed E-state index contributed by atoms with van der Waals surface area (Å²) in [6.07, 6.45) is 7.44. The molecule has 2 fully saturated rings. The van der Waals surface area contributed by atoms with Crippen LogP contribution >= 0.6 is 0 Å². The lowest BCUT2D eigenvalue weighted by molar-refractivity contribution is 0.0749. The Morgan fingerprint density at radius 1 is 1.27 bits per heavy atom. The molecular weight excluding hydrogens is 376 g/mol. The van der Waals surface area contributed by atoms with Gasteiger partial charge in [0.05, 0.1) is 17.9 Å². The van der Waals surface area contributed by atoms with Crippen LogP contribution in [0.3, 0.4) is 0 Å². The summed E-state index contributed by atoms with van der Waals surface area (Å²) in [6.45, 7) is 6.30. The zero-order valence-electron chi connectivity index (χ0n) is 17.5. The van der Waals surface area contributed by atoms with Gasteiger partial charge in [-0.25, -0.2) is 4.98 Å². The monoisotopic (exact) mass is 402 g/mol. The Morgan fingerprint density at radius 3 is 2.90 bits per heavy atom. The number of aromatic nitrogens is 2. The van der Waals surface area contributed by atoms with Crippen molar-refractivity contribution in [3.63, 3.8) is 0 Å². The van der Waals surface area contributed by atoms with E-state index in [-0.39, 0.29) is 11.4 Å². The van der Waals surface area contributed by atoms with Crippen molar-refractivity contribution >= 4 is 11.6 Å². The molecule has 0 radical (unpaired) electrons. The predicted molar refractivity (Wildman–Crippen MR) is 114 cm³/mol. The Balaban J connectivity index is 1.42. The Labute approximate surface area is 176 Å². The van der Waals surface area contributed by atoms with Crippen LogP contribution in [-0.2, 0) is 5.54 Å². The molecule has 1 saturated heterocycles. The summed E-state index contributed by atoms with van der Waals surface area (Å²) >= 11 is 0. The molecule has 3 aromatic heterocycles. The molecule has 1 atom stereocenters. The maximum Gasteiger partial charge on any atom is 0.289 e. The lowest BCUT2D eigenvalue weighted by Gasteiger charge is -2.47. The number of pyridine rings is 1. The summed E-state index contributed by atoms with van der Waals surface area (Å²) in [7, 11) is 0. The molecule has 3 aromatic rings. The SMILES string of the molecule is Cc1cc(C(=O)N2CCC3(C2)c2cccn2-c2ncccc2N3CC2CC2)oc1C. The normalized spacial score (nSPS) is 22.5. The quantitative estimate of drug-likeness (QED) is 0.663. The van der Waals surface area contributed by atoms with Gasteiger partial charge in [-0.3, -0.25) is 4.79 Å². The molecule has 0 N–H and O–H groups in total. The van der Waals surface area contributed by atoms with Crippen LogP contribution in [0.5, 0.6) is 0 Å². The summed E-state index contributed by atoms with van der Waals surface area (Å²) in [5.41, 5.74) is 3.20. The standard InChI is InChI=1S/C24H26N4O2/c1-16-13-20(30-17(16)2)23(29)26-12-9-24(15-26)21-6-4-11-27(21)22-19(5-3-10-25-22)28(24)14-18-7-8-18/h3-6,10-11,13,18H,7-9,12,14-15H2,1-2H3. The van der Waals surface area contributed by atoms with Crippen LogP contribution in [0.4, 0.5) is 5.69 Å². The second-order valence-corrected chi connectivity index (χ2v) is 9.02. The molecular formula is C24H26N4O2. The van der Waals surface area contributed by atoms with Gasteiger partial charge in [0.2, 0.25) is 0 Å².